The van der Waals surface area contributed by atoms with Crippen LogP contribution < -0.4 is 10.1 Å². The lowest BCUT2D eigenvalue weighted by Gasteiger charge is -2.10. The molecule has 0 bridgehead atoms. The molecule has 0 saturated carbocycles. The maximum absolute atomic E-state index is 13.3. The van der Waals surface area contributed by atoms with Gasteiger partial charge in [-0.15, -0.1) is 0 Å². The molecule has 1 N–H and O–H groups in total. The number of alkyl halides is 3. The minimum atomic E-state index is -4.47. The fraction of sp³-hybridized carbons (Fsp3) is 0.136. The Labute approximate surface area is 185 Å². The summed E-state index contributed by atoms with van der Waals surface area (Å²) in [7, 11) is 0. The second-order valence-electron chi connectivity index (χ2n) is 7.02. The number of nitrogens with zero attached hydrogens (tertiary/aromatic N) is 4. The van der Waals surface area contributed by atoms with Crippen LogP contribution in [0.3, 0.4) is 0 Å². The standard InChI is InChI=1S/C22H17F4N5O2/c23-17-5-1-3-15(11-17)13-30-10-8-20(29-30)27-21(32)19-7-9-31(28-19)14-33-18-6-2-4-16(12-18)22(24,25)26/h1-12H,13-14H2,(H,27,29,32). The van der Waals surface area contributed by atoms with Gasteiger partial charge in [0.25, 0.3) is 5.91 Å². The third-order valence-corrected chi connectivity index (χ3v) is 4.51. The summed E-state index contributed by atoms with van der Waals surface area (Å²) in [6.07, 6.45) is -1.37. The highest BCUT2D eigenvalue weighted by Gasteiger charge is 2.30. The van der Waals surface area contributed by atoms with Gasteiger partial charge in [0.1, 0.15) is 11.6 Å². The van der Waals surface area contributed by atoms with Gasteiger partial charge in [-0.25, -0.2) is 9.07 Å². The molecule has 2 heterocycles. The molecule has 33 heavy (non-hydrogen) atoms. The quantitative estimate of drug-likeness (QED) is 0.411. The predicted molar refractivity (Wildman–Crippen MR) is 110 cm³/mol. The molecular formula is C22H17F4N5O2. The number of benzene rings is 2. The zero-order valence-electron chi connectivity index (χ0n) is 17.0. The number of hydrogen-bond donors (Lipinski definition) is 1. The Morgan fingerprint density at radius 1 is 0.970 bits per heavy atom. The van der Waals surface area contributed by atoms with Gasteiger partial charge < -0.3 is 10.1 Å². The van der Waals surface area contributed by atoms with E-state index < -0.39 is 17.6 Å². The van der Waals surface area contributed by atoms with Crippen molar-refractivity contribution in [2.24, 2.45) is 0 Å². The van der Waals surface area contributed by atoms with Crippen LogP contribution in [0, 0.1) is 5.82 Å². The molecule has 11 heteroatoms. The van der Waals surface area contributed by atoms with E-state index in [0.29, 0.717) is 6.54 Å². The average molecular weight is 459 g/mol. The third kappa shape index (κ3) is 5.76. The van der Waals surface area contributed by atoms with E-state index in [1.807, 2.05) is 0 Å². The predicted octanol–water partition coefficient (Wildman–Crippen LogP) is 4.57. The summed E-state index contributed by atoms with van der Waals surface area (Å²) in [5.74, 6) is -0.564. The molecule has 170 valence electrons. The average Bonchev–Trinajstić information content (AvgIpc) is 3.41. The molecule has 0 radical (unpaired) electrons. The molecule has 0 saturated heterocycles. The van der Waals surface area contributed by atoms with Crippen molar-refractivity contribution in [2.75, 3.05) is 5.32 Å². The minimum absolute atomic E-state index is 0.0233. The van der Waals surface area contributed by atoms with Crippen LogP contribution in [-0.2, 0) is 19.5 Å². The van der Waals surface area contributed by atoms with E-state index in [1.165, 1.54) is 41.2 Å². The molecule has 4 rings (SSSR count). The molecule has 0 atom stereocenters. The Bertz CT molecular complexity index is 1270. The van der Waals surface area contributed by atoms with Gasteiger partial charge in [0.15, 0.2) is 18.2 Å². The van der Waals surface area contributed by atoms with Crippen LogP contribution in [-0.4, -0.2) is 25.5 Å². The second kappa shape index (κ2) is 9.15. The molecule has 2 aromatic carbocycles. The Balaban J connectivity index is 1.33. The molecule has 0 fully saturated rings. The Hall–Kier alpha value is -4.15. The number of carbonyl (C=O) groups is 1. The number of rotatable bonds is 7. The smallest absolute Gasteiger partial charge is 0.416 e. The largest absolute Gasteiger partial charge is 0.471 e. The summed E-state index contributed by atoms with van der Waals surface area (Å²) in [6, 6.07) is 13.6. The first-order chi connectivity index (χ1) is 15.8. The lowest BCUT2D eigenvalue weighted by molar-refractivity contribution is -0.137. The summed E-state index contributed by atoms with van der Waals surface area (Å²) in [5, 5.41) is 10.9. The van der Waals surface area contributed by atoms with E-state index in [2.05, 4.69) is 15.5 Å². The van der Waals surface area contributed by atoms with Crippen LogP contribution in [0.25, 0.3) is 0 Å². The molecule has 0 spiro atoms. The molecule has 0 aliphatic carbocycles. The fourth-order valence-corrected chi connectivity index (χ4v) is 2.98. The van der Waals surface area contributed by atoms with Crippen LogP contribution in [0.5, 0.6) is 5.75 Å². The number of amides is 1. The summed E-state index contributed by atoms with van der Waals surface area (Å²) in [6.45, 7) is 0.145. The molecule has 1 amide bonds. The zero-order chi connectivity index (χ0) is 23.4. The molecule has 4 aromatic rings. The van der Waals surface area contributed by atoms with Crippen LogP contribution in [0.4, 0.5) is 23.4 Å². The van der Waals surface area contributed by atoms with E-state index in [9.17, 15) is 22.4 Å². The third-order valence-electron chi connectivity index (χ3n) is 4.51. The highest BCUT2D eigenvalue weighted by Crippen LogP contribution is 2.31. The normalized spacial score (nSPS) is 11.4. The first-order valence-electron chi connectivity index (χ1n) is 9.69. The Kier molecular flexibility index (Phi) is 6.11. The topological polar surface area (TPSA) is 74.0 Å². The van der Waals surface area contributed by atoms with Crippen LogP contribution in [0.2, 0.25) is 0 Å². The van der Waals surface area contributed by atoms with Gasteiger partial charge in [0, 0.05) is 18.5 Å². The van der Waals surface area contributed by atoms with Crippen molar-refractivity contribution in [2.45, 2.75) is 19.5 Å². The Morgan fingerprint density at radius 2 is 1.76 bits per heavy atom. The number of ether oxygens (including phenoxy) is 1. The van der Waals surface area contributed by atoms with Gasteiger partial charge in [-0.05, 0) is 42.0 Å². The molecule has 7 nitrogen and oxygen atoms in total. The van der Waals surface area contributed by atoms with Gasteiger partial charge in [-0.3, -0.25) is 9.48 Å². The number of anilines is 1. The number of aromatic nitrogens is 4. The van der Waals surface area contributed by atoms with Crippen molar-refractivity contribution >= 4 is 11.7 Å². The van der Waals surface area contributed by atoms with E-state index in [4.69, 9.17) is 4.74 Å². The van der Waals surface area contributed by atoms with Crippen molar-refractivity contribution in [3.8, 4) is 5.75 Å². The number of carbonyl (C=O) groups excluding carboxylic acids is 1. The van der Waals surface area contributed by atoms with E-state index in [1.54, 1.807) is 29.1 Å². The van der Waals surface area contributed by atoms with Crippen LogP contribution >= 0.6 is 0 Å². The van der Waals surface area contributed by atoms with Crippen molar-refractivity contribution in [3.63, 3.8) is 0 Å². The van der Waals surface area contributed by atoms with E-state index in [0.717, 1.165) is 17.7 Å². The lowest BCUT2D eigenvalue weighted by atomic mass is 10.2. The first kappa shape index (κ1) is 22.1. The van der Waals surface area contributed by atoms with Gasteiger partial charge in [-0.1, -0.05) is 18.2 Å². The first-order valence-corrected chi connectivity index (χ1v) is 9.69. The number of nitrogens with one attached hydrogen (secondary N) is 1. The summed E-state index contributed by atoms with van der Waals surface area (Å²) < 4.78 is 59.8. The van der Waals surface area contributed by atoms with Crippen molar-refractivity contribution in [1.82, 2.24) is 19.6 Å². The Morgan fingerprint density at radius 3 is 2.55 bits per heavy atom. The van der Waals surface area contributed by atoms with Gasteiger partial charge in [0.05, 0.1) is 12.1 Å². The van der Waals surface area contributed by atoms with E-state index >= 15 is 0 Å². The second-order valence-corrected chi connectivity index (χ2v) is 7.02. The van der Waals surface area contributed by atoms with Gasteiger partial charge in [0.2, 0.25) is 0 Å². The van der Waals surface area contributed by atoms with E-state index in [-0.39, 0.29) is 29.8 Å². The van der Waals surface area contributed by atoms with Gasteiger partial charge >= 0.3 is 6.18 Å². The molecule has 0 unspecified atom stereocenters. The molecule has 0 aliphatic heterocycles. The van der Waals surface area contributed by atoms with Gasteiger partial charge in [-0.2, -0.15) is 23.4 Å². The zero-order valence-corrected chi connectivity index (χ0v) is 17.0. The lowest BCUT2D eigenvalue weighted by Crippen LogP contribution is -2.15. The fourth-order valence-electron chi connectivity index (χ4n) is 2.98. The molecular weight excluding hydrogens is 442 g/mol. The summed E-state index contributed by atoms with van der Waals surface area (Å²) in [4.78, 5) is 12.4. The number of hydrogen-bond acceptors (Lipinski definition) is 4. The van der Waals surface area contributed by atoms with Crippen molar-refractivity contribution in [3.05, 3.63) is 95.7 Å². The summed E-state index contributed by atoms with van der Waals surface area (Å²) >= 11 is 0. The molecule has 0 aliphatic rings. The van der Waals surface area contributed by atoms with Crippen LogP contribution in [0.15, 0.2) is 73.1 Å². The number of halogens is 4. The maximum atomic E-state index is 13.3. The van der Waals surface area contributed by atoms with Crippen LogP contribution in [0.1, 0.15) is 21.6 Å². The SMILES string of the molecule is O=C(Nc1ccn(Cc2cccc(F)c2)n1)c1ccn(COc2cccc(C(F)(F)F)c2)n1. The maximum Gasteiger partial charge on any atom is 0.416 e. The van der Waals surface area contributed by atoms with Crippen molar-refractivity contribution < 1.29 is 27.1 Å². The molecule has 2 aromatic heterocycles. The minimum Gasteiger partial charge on any atom is -0.471 e. The monoisotopic (exact) mass is 459 g/mol. The highest BCUT2D eigenvalue weighted by atomic mass is 19.4. The highest BCUT2D eigenvalue weighted by molar-refractivity contribution is 6.02. The summed E-state index contributed by atoms with van der Waals surface area (Å²) in [5.41, 5.74) is -0.0322. The van der Waals surface area contributed by atoms with Crippen molar-refractivity contribution in [1.29, 1.82) is 0 Å².